The summed E-state index contributed by atoms with van der Waals surface area (Å²) in [6.07, 6.45) is 3.82. The van der Waals surface area contributed by atoms with Crippen molar-refractivity contribution in [1.82, 2.24) is 14.8 Å². The second-order valence-electron chi connectivity index (χ2n) is 10.4. The van der Waals surface area contributed by atoms with Gasteiger partial charge in [-0.2, -0.15) is 5.10 Å². The first-order valence-electron chi connectivity index (χ1n) is 12.8. The molecule has 0 amide bonds. The van der Waals surface area contributed by atoms with Crippen LogP contribution in [-0.4, -0.2) is 29.0 Å². The lowest BCUT2D eigenvalue weighted by atomic mass is 9.83. The predicted molar refractivity (Wildman–Crippen MR) is 146 cm³/mol. The molecule has 0 aliphatic heterocycles. The predicted octanol–water partition coefficient (Wildman–Crippen LogP) is 6.01. The average molecular weight is 572 g/mol. The zero-order valence-corrected chi connectivity index (χ0v) is 22.9. The fourth-order valence-corrected chi connectivity index (χ4v) is 6.37. The average Bonchev–Trinajstić information content (AvgIpc) is 3.30. The van der Waals surface area contributed by atoms with Gasteiger partial charge in [0, 0.05) is 36.7 Å². The van der Waals surface area contributed by atoms with Crippen LogP contribution in [0.15, 0.2) is 41.4 Å². The summed E-state index contributed by atoms with van der Waals surface area (Å²) in [6, 6.07) is 4.82. The monoisotopic (exact) mass is 571 g/mol. The van der Waals surface area contributed by atoms with Crippen LogP contribution in [0.4, 0.5) is 24.7 Å². The fraction of sp³-hybridized carbons (Fsp3) is 0.321. The number of anilines is 2. The lowest BCUT2D eigenvalue weighted by Gasteiger charge is -2.23. The molecule has 0 spiro atoms. The number of hydrogen-bond acceptors (Lipinski definition) is 6. The molecule has 0 atom stereocenters. The summed E-state index contributed by atoms with van der Waals surface area (Å²) in [7, 11) is -4.56. The Hall–Kier alpha value is -3.93. The van der Waals surface area contributed by atoms with E-state index >= 15 is 8.78 Å². The highest BCUT2D eigenvalue weighted by Gasteiger charge is 2.29. The van der Waals surface area contributed by atoms with E-state index in [0.29, 0.717) is 48.2 Å². The normalized spacial score (nSPS) is 14.8. The molecule has 2 aromatic carbocycles. The summed E-state index contributed by atoms with van der Waals surface area (Å²) in [6.45, 7) is 5.36. The zero-order chi connectivity index (χ0) is 28.9. The van der Waals surface area contributed by atoms with Gasteiger partial charge in [-0.3, -0.25) is 14.2 Å². The van der Waals surface area contributed by atoms with Gasteiger partial charge in [0.15, 0.2) is 0 Å². The van der Waals surface area contributed by atoms with Crippen molar-refractivity contribution in [2.45, 2.75) is 63.3 Å². The maximum atomic E-state index is 15.6. The number of aromatic nitrogens is 3. The van der Waals surface area contributed by atoms with Crippen molar-refractivity contribution in [3.05, 3.63) is 65.1 Å². The van der Waals surface area contributed by atoms with Crippen LogP contribution in [0.5, 0.6) is 0 Å². The quantitative estimate of drug-likeness (QED) is 0.292. The largest absolute Gasteiger partial charge is 0.383 e. The van der Waals surface area contributed by atoms with Gasteiger partial charge in [-0.15, -0.1) is 0 Å². The molecule has 0 bridgehead atoms. The van der Waals surface area contributed by atoms with Gasteiger partial charge in [0.25, 0.3) is 10.0 Å². The van der Waals surface area contributed by atoms with E-state index in [1.807, 2.05) is 18.6 Å². The van der Waals surface area contributed by atoms with Gasteiger partial charge < -0.3 is 5.73 Å². The number of nitrogens with one attached hydrogen (secondary N) is 1. The molecule has 1 saturated carbocycles. The Labute approximate surface area is 229 Å². The number of hydrogen-bond donors (Lipinski definition) is 2. The molecule has 0 unspecified atom stereocenters. The first-order chi connectivity index (χ1) is 18.9. The maximum Gasteiger partial charge on any atom is 0.264 e. The van der Waals surface area contributed by atoms with Crippen molar-refractivity contribution in [2.75, 3.05) is 10.5 Å². The van der Waals surface area contributed by atoms with Crippen LogP contribution in [0.3, 0.4) is 0 Å². The van der Waals surface area contributed by atoms with Gasteiger partial charge in [-0.1, -0.05) is 6.07 Å². The standard InChI is InChI=1S/C28H28F3N5O3S/c1-14(2)36-27-19(16-5-7-17(37)8-6-16)13-33-28(32)25(27)26(34-36)18-11-22(31)23(12-21(18)30)35-40(38,39)24-10-15(3)4-9-20(24)29/h4,9-14,16,35H,5-8H2,1-3H3,(H2,32,33). The number of pyridine rings is 1. The number of benzene rings is 2. The zero-order valence-electron chi connectivity index (χ0n) is 22.1. The van der Waals surface area contributed by atoms with Crippen LogP contribution in [-0.2, 0) is 14.8 Å². The van der Waals surface area contributed by atoms with Crippen LogP contribution < -0.4 is 10.5 Å². The Morgan fingerprint density at radius 2 is 1.75 bits per heavy atom. The molecule has 4 aromatic rings. The maximum absolute atomic E-state index is 15.6. The molecule has 0 saturated heterocycles. The minimum atomic E-state index is -4.56. The molecule has 5 rings (SSSR count). The lowest BCUT2D eigenvalue weighted by molar-refractivity contribution is -0.120. The van der Waals surface area contributed by atoms with Gasteiger partial charge in [0.2, 0.25) is 0 Å². The summed E-state index contributed by atoms with van der Waals surface area (Å²) in [5.74, 6) is -2.78. The summed E-state index contributed by atoms with van der Waals surface area (Å²) in [5.41, 5.74) is 7.32. The van der Waals surface area contributed by atoms with Crippen molar-refractivity contribution in [1.29, 1.82) is 0 Å². The molecular weight excluding hydrogens is 543 g/mol. The molecule has 1 aliphatic rings. The smallest absolute Gasteiger partial charge is 0.264 e. The van der Waals surface area contributed by atoms with Crippen molar-refractivity contribution >= 4 is 38.2 Å². The second-order valence-corrected chi connectivity index (χ2v) is 12.0. The minimum Gasteiger partial charge on any atom is -0.383 e. The van der Waals surface area contributed by atoms with E-state index in [4.69, 9.17) is 5.73 Å². The lowest BCUT2D eigenvalue weighted by Crippen LogP contribution is -2.16. The van der Waals surface area contributed by atoms with Gasteiger partial charge >= 0.3 is 0 Å². The molecule has 2 heterocycles. The number of sulfonamides is 1. The Balaban J connectivity index is 1.62. The highest BCUT2D eigenvalue weighted by Crippen LogP contribution is 2.42. The number of carbonyl (C=O) groups is 1. The summed E-state index contributed by atoms with van der Waals surface area (Å²) in [4.78, 5) is 15.5. The van der Waals surface area contributed by atoms with E-state index in [9.17, 15) is 17.6 Å². The SMILES string of the molecule is Cc1ccc(F)c(S(=O)(=O)Nc2cc(F)c(-c3nn(C(C)C)c4c(C5CCC(=O)CC5)cnc(N)c34)cc2F)c1. The van der Waals surface area contributed by atoms with Crippen LogP contribution in [0, 0.1) is 24.4 Å². The van der Waals surface area contributed by atoms with Crippen LogP contribution in [0.25, 0.3) is 22.2 Å². The van der Waals surface area contributed by atoms with Crippen molar-refractivity contribution in [3.63, 3.8) is 0 Å². The van der Waals surface area contributed by atoms with E-state index in [1.165, 1.54) is 6.07 Å². The van der Waals surface area contributed by atoms with Crippen molar-refractivity contribution in [3.8, 4) is 11.3 Å². The topological polar surface area (TPSA) is 120 Å². The molecule has 0 radical (unpaired) electrons. The molecule has 2 aromatic heterocycles. The number of nitrogens with zero attached hydrogens (tertiary/aromatic N) is 3. The highest BCUT2D eigenvalue weighted by molar-refractivity contribution is 7.92. The first kappa shape index (κ1) is 27.6. The van der Waals surface area contributed by atoms with E-state index in [-0.39, 0.29) is 34.8 Å². The molecule has 12 heteroatoms. The third-order valence-electron chi connectivity index (χ3n) is 7.19. The Morgan fingerprint density at radius 1 is 1.05 bits per heavy atom. The Bertz CT molecular complexity index is 1760. The number of carbonyl (C=O) groups excluding carboxylic acids is 1. The van der Waals surface area contributed by atoms with Gasteiger partial charge in [-0.25, -0.2) is 26.6 Å². The number of halogens is 3. The van der Waals surface area contributed by atoms with Crippen LogP contribution in [0.2, 0.25) is 0 Å². The van der Waals surface area contributed by atoms with Gasteiger partial charge in [-0.05, 0) is 68.9 Å². The third kappa shape index (κ3) is 4.91. The molecule has 8 nitrogen and oxygen atoms in total. The fourth-order valence-electron chi connectivity index (χ4n) is 5.15. The molecular formula is C28H28F3N5O3S. The minimum absolute atomic E-state index is 0.0238. The number of fused-ring (bicyclic) bond motifs is 1. The summed E-state index contributed by atoms with van der Waals surface area (Å²) in [5, 5.41) is 4.94. The summed E-state index contributed by atoms with van der Waals surface area (Å²) < 4.78 is 74.4. The molecule has 210 valence electrons. The van der Waals surface area contributed by atoms with Gasteiger partial charge in [0.05, 0.1) is 16.6 Å². The number of Topliss-reactive ketones (excluding diaryl/α,β-unsaturated/α-hetero) is 1. The van der Waals surface area contributed by atoms with Crippen LogP contribution >= 0.6 is 0 Å². The number of nitrogens with two attached hydrogens (primary N) is 1. The van der Waals surface area contributed by atoms with Crippen LogP contribution in [0.1, 0.15) is 62.6 Å². The van der Waals surface area contributed by atoms with Crippen molar-refractivity contribution in [2.24, 2.45) is 0 Å². The molecule has 3 N–H and O–H groups in total. The number of ketones is 1. The highest BCUT2D eigenvalue weighted by atomic mass is 32.2. The van der Waals surface area contributed by atoms with Crippen molar-refractivity contribution < 1.29 is 26.4 Å². The first-order valence-corrected chi connectivity index (χ1v) is 14.3. The second kappa shape index (κ2) is 10.2. The number of rotatable bonds is 6. The molecule has 1 aliphatic carbocycles. The molecule has 40 heavy (non-hydrogen) atoms. The van der Waals surface area contributed by atoms with E-state index < -0.39 is 38.1 Å². The number of nitrogen functional groups attached to an aromatic ring is 1. The molecule has 1 fully saturated rings. The van der Waals surface area contributed by atoms with E-state index in [2.05, 4.69) is 10.1 Å². The van der Waals surface area contributed by atoms with Gasteiger partial charge in [0.1, 0.15) is 39.6 Å². The third-order valence-corrected chi connectivity index (χ3v) is 8.57. The number of aryl methyl sites for hydroxylation is 1. The van der Waals surface area contributed by atoms with E-state index in [1.54, 1.807) is 17.8 Å². The Kier molecular flexibility index (Phi) is 7.07. The summed E-state index contributed by atoms with van der Waals surface area (Å²) >= 11 is 0. The van der Waals surface area contributed by atoms with E-state index in [0.717, 1.165) is 23.8 Å². The Morgan fingerprint density at radius 3 is 2.42 bits per heavy atom.